The fourth-order valence-electron chi connectivity index (χ4n) is 3.29. The first kappa shape index (κ1) is 20.5. The van der Waals surface area contributed by atoms with Crippen LogP contribution in [-0.2, 0) is 9.59 Å². The first-order valence-corrected chi connectivity index (χ1v) is 9.59. The quantitative estimate of drug-likeness (QED) is 0.776. The smallest absolute Gasteiger partial charge is 0.260 e. The van der Waals surface area contributed by atoms with E-state index in [-0.39, 0.29) is 24.3 Å². The van der Waals surface area contributed by atoms with Gasteiger partial charge in [-0.1, -0.05) is 18.2 Å². The summed E-state index contributed by atoms with van der Waals surface area (Å²) in [4.78, 5) is 26.8. The maximum absolute atomic E-state index is 12.7. The summed E-state index contributed by atoms with van der Waals surface area (Å²) in [7, 11) is 3.13. The molecule has 7 nitrogen and oxygen atoms in total. The fraction of sp³-hybridized carbons (Fsp3) is 0.364. The molecule has 0 aliphatic carbocycles. The summed E-state index contributed by atoms with van der Waals surface area (Å²) in [5, 5.41) is 2.92. The molecule has 0 unspecified atom stereocenters. The number of anilines is 1. The highest BCUT2D eigenvalue weighted by Crippen LogP contribution is 2.30. The van der Waals surface area contributed by atoms with Gasteiger partial charge in [0, 0.05) is 25.1 Å². The van der Waals surface area contributed by atoms with Crippen molar-refractivity contribution in [1.82, 2.24) is 4.90 Å². The van der Waals surface area contributed by atoms with Crippen LogP contribution in [0.15, 0.2) is 48.5 Å². The molecule has 1 saturated heterocycles. The highest BCUT2D eigenvalue weighted by molar-refractivity contribution is 5.94. The molecule has 154 valence electrons. The number of carbonyl (C=O) groups excluding carboxylic acids is 2. The Kier molecular flexibility index (Phi) is 6.94. The third-order valence-corrected chi connectivity index (χ3v) is 4.99. The number of rotatable bonds is 7. The van der Waals surface area contributed by atoms with Crippen molar-refractivity contribution in [3.8, 4) is 17.2 Å². The van der Waals surface area contributed by atoms with Gasteiger partial charge in [-0.2, -0.15) is 0 Å². The fourth-order valence-corrected chi connectivity index (χ4v) is 3.29. The van der Waals surface area contributed by atoms with Gasteiger partial charge < -0.3 is 24.4 Å². The number of hydrogen-bond donors (Lipinski definition) is 1. The lowest BCUT2D eigenvalue weighted by Crippen LogP contribution is -2.43. The monoisotopic (exact) mass is 398 g/mol. The molecule has 0 radical (unpaired) electrons. The molecule has 0 aromatic heterocycles. The zero-order valence-corrected chi connectivity index (χ0v) is 16.7. The molecule has 2 aromatic carbocycles. The molecule has 2 amide bonds. The van der Waals surface area contributed by atoms with Gasteiger partial charge in [0.05, 0.1) is 19.9 Å². The molecule has 29 heavy (non-hydrogen) atoms. The zero-order valence-electron chi connectivity index (χ0n) is 16.7. The van der Waals surface area contributed by atoms with Crippen molar-refractivity contribution in [1.29, 1.82) is 0 Å². The third kappa shape index (κ3) is 5.40. The van der Waals surface area contributed by atoms with E-state index in [1.165, 1.54) is 0 Å². The van der Waals surface area contributed by atoms with Gasteiger partial charge in [0.2, 0.25) is 5.91 Å². The number of amides is 2. The molecule has 0 spiro atoms. The van der Waals surface area contributed by atoms with E-state index in [2.05, 4.69) is 5.32 Å². The lowest BCUT2D eigenvalue weighted by molar-refractivity contribution is -0.136. The van der Waals surface area contributed by atoms with Crippen LogP contribution in [0, 0.1) is 5.92 Å². The zero-order chi connectivity index (χ0) is 20.6. The van der Waals surface area contributed by atoms with Crippen LogP contribution in [0.3, 0.4) is 0 Å². The van der Waals surface area contributed by atoms with Crippen molar-refractivity contribution in [2.24, 2.45) is 5.92 Å². The van der Waals surface area contributed by atoms with Crippen molar-refractivity contribution in [3.05, 3.63) is 48.5 Å². The minimum atomic E-state index is -0.162. The molecule has 3 rings (SSSR count). The predicted octanol–water partition coefficient (Wildman–Crippen LogP) is 2.96. The van der Waals surface area contributed by atoms with Gasteiger partial charge in [0.15, 0.2) is 6.61 Å². The minimum absolute atomic E-state index is 0.00187. The van der Waals surface area contributed by atoms with Gasteiger partial charge in [0.25, 0.3) is 5.91 Å². The minimum Gasteiger partial charge on any atom is -0.497 e. The van der Waals surface area contributed by atoms with Crippen LogP contribution in [0.5, 0.6) is 17.2 Å². The predicted molar refractivity (Wildman–Crippen MR) is 109 cm³/mol. The molecule has 1 N–H and O–H groups in total. The van der Waals surface area contributed by atoms with E-state index < -0.39 is 0 Å². The van der Waals surface area contributed by atoms with Gasteiger partial charge >= 0.3 is 0 Å². The number of carbonyl (C=O) groups is 2. The van der Waals surface area contributed by atoms with Gasteiger partial charge in [-0.15, -0.1) is 0 Å². The summed E-state index contributed by atoms with van der Waals surface area (Å²) in [6.07, 6.45) is 1.21. The Bertz CT molecular complexity index is 832. The number of nitrogens with one attached hydrogen (secondary N) is 1. The number of piperidine rings is 1. The topological polar surface area (TPSA) is 77.1 Å². The van der Waals surface area contributed by atoms with Gasteiger partial charge in [-0.3, -0.25) is 9.59 Å². The second-order valence-electron chi connectivity index (χ2n) is 6.81. The summed E-state index contributed by atoms with van der Waals surface area (Å²) in [6.45, 7) is 1.07. The van der Waals surface area contributed by atoms with Crippen molar-refractivity contribution < 1.29 is 23.8 Å². The number of hydrogen-bond acceptors (Lipinski definition) is 5. The second-order valence-corrected chi connectivity index (χ2v) is 6.81. The molecule has 7 heteroatoms. The molecule has 1 aliphatic rings. The molecule has 0 bridgehead atoms. The summed E-state index contributed by atoms with van der Waals surface area (Å²) < 4.78 is 16.0. The van der Waals surface area contributed by atoms with Crippen LogP contribution < -0.4 is 19.5 Å². The van der Waals surface area contributed by atoms with Crippen LogP contribution in [-0.4, -0.2) is 50.6 Å². The standard InChI is InChI=1S/C22H26N2O5/c1-27-18-8-9-20(28-2)19(14-18)23-22(26)16-10-12-24(13-11-16)21(25)15-29-17-6-4-3-5-7-17/h3-9,14,16H,10-13,15H2,1-2H3,(H,23,26). The summed E-state index contributed by atoms with van der Waals surface area (Å²) in [5.74, 6) is 1.57. The van der Waals surface area contributed by atoms with Crippen LogP contribution in [0.2, 0.25) is 0 Å². The number of benzene rings is 2. The Morgan fingerprint density at radius 3 is 2.38 bits per heavy atom. The SMILES string of the molecule is COc1ccc(OC)c(NC(=O)C2CCN(C(=O)COc3ccccc3)CC2)c1. The van der Waals surface area contributed by atoms with Crippen LogP contribution in [0.1, 0.15) is 12.8 Å². The number of methoxy groups -OCH3 is 2. The molecular formula is C22H26N2O5. The highest BCUT2D eigenvalue weighted by atomic mass is 16.5. The summed E-state index contributed by atoms with van der Waals surface area (Å²) in [5.41, 5.74) is 0.576. The molecule has 0 atom stereocenters. The van der Waals surface area contributed by atoms with Crippen molar-refractivity contribution >= 4 is 17.5 Å². The van der Waals surface area contributed by atoms with Crippen molar-refractivity contribution in [2.75, 3.05) is 39.2 Å². The van der Waals surface area contributed by atoms with E-state index in [0.29, 0.717) is 48.9 Å². The van der Waals surface area contributed by atoms with E-state index >= 15 is 0 Å². The normalized spacial score (nSPS) is 14.2. The Labute approximate surface area is 170 Å². The molecule has 1 fully saturated rings. The van der Waals surface area contributed by atoms with Crippen molar-refractivity contribution in [2.45, 2.75) is 12.8 Å². The Morgan fingerprint density at radius 2 is 1.72 bits per heavy atom. The number of para-hydroxylation sites is 1. The Morgan fingerprint density at radius 1 is 1.00 bits per heavy atom. The van der Waals surface area contributed by atoms with Crippen LogP contribution >= 0.6 is 0 Å². The maximum atomic E-state index is 12.7. The lowest BCUT2D eigenvalue weighted by Gasteiger charge is -2.31. The average Bonchev–Trinajstić information content (AvgIpc) is 2.78. The van der Waals surface area contributed by atoms with E-state index in [1.54, 1.807) is 37.3 Å². The molecular weight excluding hydrogens is 372 g/mol. The van der Waals surface area contributed by atoms with E-state index in [9.17, 15) is 9.59 Å². The number of likely N-dealkylation sites (tertiary alicyclic amines) is 1. The first-order chi connectivity index (χ1) is 14.1. The number of ether oxygens (including phenoxy) is 3. The average molecular weight is 398 g/mol. The molecule has 2 aromatic rings. The van der Waals surface area contributed by atoms with Gasteiger partial charge in [-0.25, -0.2) is 0 Å². The molecule has 1 aliphatic heterocycles. The van der Waals surface area contributed by atoms with Crippen molar-refractivity contribution in [3.63, 3.8) is 0 Å². The first-order valence-electron chi connectivity index (χ1n) is 9.59. The van der Waals surface area contributed by atoms with E-state index in [4.69, 9.17) is 14.2 Å². The van der Waals surface area contributed by atoms with E-state index in [1.807, 2.05) is 30.3 Å². The molecule has 0 saturated carbocycles. The van der Waals surface area contributed by atoms with Gasteiger partial charge in [-0.05, 0) is 37.1 Å². The highest BCUT2D eigenvalue weighted by Gasteiger charge is 2.28. The Balaban J connectivity index is 1.50. The molecule has 1 heterocycles. The second kappa shape index (κ2) is 9.82. The van der Waals surface area contributed by atoms with Crippen LogP contribution in [0.25, 0.3) is 0 Å². The third-order valence-electron chi connectivity index (χ3n) is 4.99. The van der Waals surface area contributed by atoms with E-state index in [0.717, 1.165) is 0 Å². The summed E-state index contributed by atoms with van der Waals surface area (Å²) in [6, 6.07) is 14.5. The Hall–Kier alpha value is -3.22. The lowest BCUT2D eigenvalue weighted by atomic mass is 9.95. The summed E-state index contributed by atoms with van der Waals surface area (Å²) >= 11 is 0. The van der Waals surface area contributed by atoms with Crippen LogP contribution in [0.4, 0.5) is 5.69 Å². The number of nitrogens with zero attached hydrogens (tertiary/aromatic N) is 1. The largest absolute Gasteiger partial charge is 0.497 e. The van der Waals surface area contributed by atoms with Gasteiger partial charge in [0.1, 0.15) is 17.2 Å². The maximum Gasteiger partial charge on any atom is 0.260 e.